The number of rotatable bonds is 18. The summed E-state index contributed by atoms with van der Waals surface area (Å²) in [5.41, 5.74) is 0. The Bertz CT molecular complexity index is 499. The van der Waals surface area contributed by atoms with E-state index in [1.807, 2.05) is 30.3 Å². The van der Waals surface area contributed by atoms with Crippen LogP contribution in [0.4, 0.5) is 0 Å². The summed E-state index contributed by atoms with van der Waals surface area (Å²) < 4.78 is 8.06. The van der Waals surface area contributed by atoms with Crippen LogP contribution in [-0.2, 0) is 0 Å². The molecule has 0 fully saturated rings. The molecule has 3 nitrogen and oxygen atoms in total. The van der Waals surface area contributed by atoms with Gasteiger partial charge in [0.2, 0.25) is 0 Å². The van der Waals surface area contributed by atoms with E-state index in [9.17, 15) is 0 Å². The summed E-state index contributed by atoms with van der Waals surface area (Å²) in [6, 6.07) is 10.2. The molecular formula is C26H50N2O+2. The highest BCUT2D eigenvalue weighted by Gasteiger charge is 2.20. The lowest BCUT2D eigenvalue weighted by Crippen LogP contribution is -2.51. The highest BCUT2D eigenvalue weighted by Crippen LogP contribution is 2.13. The summed E-state index contributed by atoms with van der Waals surface area (Å²) >= 11 is 0. The fourth-order valence-electron chi connectivity index (χ4n) is 3.57. The molecule has 3 heteroatoms. The van der Waals surface area contributed by atoms with E-state index < -0.39 is 0 Å². The maximum Gasteiger partial charge on any atom is 0.128 e. The molecule has 0 radical (unpaired) electrons. The van der Waals surface area contributed by atoms with Gasteiger partial charge in [0.25, 0.3) is 0 Å². The molecule has 0 aliphatic carbocycles. The molecule has 1 aromatic rings. The fourth-order valence-corrected chi connectivity index (χ4v) is 3.57. The molecule has 0 heterocycles. The van der Waals surface area contributed by atoms with E-state index in [-0.39, 0.29) is 0 Å². The molecular weight excluding hydrogens is 356 g/mol. The SMILES string of the molecule is CC[N+](C)(C)CC[N+](C)(C)CCCCCCCCCCCCOc1ccccc1. The van der Waals surface area contributed by atoms with Crippen LogP contribution in [0.3, 0.4) is 0 Å². The normalized spacial score (nSPS) is 12.3. The number of para-hydroxylation sites is 1. The van der Waals surface area contributed by atoms with E-state index in [0.717, 1.165) is 16.8 Å². The predicted molar refractivity (Wildman–Crippen MR) is 127 cm³/mol. The zero-order valence-corrected chi connectivity index (χ0v) is 20.3. The van der Waals surface area contributed by atoms with Crippen LogP contribution in [0.15, 0.2) is 30.3 Å². The van der Waals surface area contributed by atoms with E-state index in [1.54, 1.807) is 0 Å². The molecule has 29 heavy (non-hydrogen) atoms. The van der Waals surface area contributed by atoms with Crippen molar-refractivity contribution in [3.8, 4) is 5.75 Å². The topological polar surface area (TPSA) is 9.23 Å². The van der Waals surface area contributed by atoms with Gasteiger partial charge in [-0.3, -0.25) is 0 Å². The fraction of sp³-hybridized carbons (Fsp3) is 0.769. The number of hydrogen-bond acceptors (Lipinski definition) is 1. The van der Waals surface area contributed by atoms with E-state index in [2.05, 4.69) is 35.1 Å². The number of nitrogens with zero attached hydrogens (tertiary/aromatic N) is 2. The molecule has 0 amide bonds. The minimum absolute atomic E-state index is 0.855. The Morgan fingerprint density at radius 3 is 1.62 bits per heavy atom. The summed E-state index contributed by atoms with van der Waals surface area (Å²) in [6.45, 7) is 8.27. The molecule has 1 rings (SSSR count). The van der Waals surface area contributed by atoms with Crippen molar-refractivity contribution < 1.29 is 13.7 Å². The maximum atomic E-state index is 5.75. The molecule has 168 valence electrons. The van der Waals surface area contributed by atoms with Crippen LogP contribution < -0.4 is 4.74 Å². The predicted octanol–water partition coefficient (Wildman–Crippen LogP) is 6.14. The Balaban J connectivity index is 1.86. The number of quaternary nitrogens is 2. The van der Waals surface area contributed by atoms with Gasteiger partial charge in [-0.25, -0.2) is 0 Å². The van der Waals surface area contributed by atoms with Gasteiger partial charge in [-0.2, -0.15) is 0 Å². The average molecular weight is 407 g/mol. The van der Waals surface area contributed by atoms with Crippen LogP contribution in [-0.4, -0.2) is 69.9 Å². The molecule has 0 aromatic heterocycles. The standard InChI is InChI=1S/C26H50N2O/c1-6-27(2,3)23-24-28(4,5)22-18-13-11-9-7-8-10-12-14-19-25-29-26-20-16-15-17-21-26/h15-17,20-21H,6-14,18-19,22-25H2,1-5H3/q+2. The van der Waals surface area contributed by atoms with E-state index in [4.69, 9.17) is 4.74 Å². The monoisotopic (exact) mass is 406 g/mol. The smallest absolute Gasteiger partial charge is 0.128 e. The van der Waals surface area contributed by atoms with Gasteiger partial charge < -0.3 is 13.7 Å². The lowest BCUT2D eigenvalue weighted by atomic mass is 10.1. The van der Waals surface area contributed by atoms with Gasteiger partial charge in [0.1, 0.15) is 18.8 Å². The largest absolute Gasteiger partial charge is 0.494 e. The highest BCUT2D eigenvalue weighted by atomic mass is 16.5. The van der Waals surface area contributed by atoms with Gasteiger partial charge in [0.15, 0.2) is 0 Å². The van der Waals surface area contributed by atoms with Crippen LogP contribution in [0.5, 0.6) is 5.75 Å². The summed E-state index contributed by atoms with van der Waals surface area (Å²) in [5, 5.41) is 0. The Morgan fingerprint density at radius 2 is 1.07 bits per heavy atom. The first-order valence-electron chi connectivity index (χ1n) is 12.2. The van der Waals surface area contributed by atoms with Gasteiger partial charge in [0, 0.05) is 0 Å². The lowest BCUT2D eigenvalue weighted by molar-refractivity contribution is -0.945. The minimum atomic E-state index is 0.855. The first-order chi connectivity index (χ1) is 13.8. The van der Waals surface area contributed by atoms with Crippen molar-refractivity contribution in [2.75, 3.05) is 61.0 Å². The molecule has 0 unspecified atom stereocenters. The molecule has 0 N–H and O–H groups in total. The summed E-state index contributed by atoms with van der Waals surface area (Å²) in [7, 11) is 9.50. The van der Waals surface area contributed by atoms with Gasteiger partial charge in [0.05, 0.1) is 47.9 Å². The molecule has 0 bridgehead atoms. The zero-order valence-electron chi connectivity index (χ0n) is 20.3. The third-order valence-electron chi connectivity index (χ3n) is 6.34. The Kier molecular flexibility index (Phi) is 13.3. The number of benzene rings is 1. The second-order valence-electron chi connectivity index (χ2n) is 10.1. The third-order valence-corrected chi connectivity index (χ3v) is 6.34. The number of likely N-dealkylation sites (N-methyl/N-ethyl adjacent to an activating group) is 2. The van der Waals surface area contributed by atoms with Gasteiger partial charge in [-0.05, 0) is 38.3 Å². The molecule has 0 saturated carbocycles. The average Bonchev–Trinajstić information content (AvgIpc) is 2.71. The number of hydrogen-bond donors (Lipinski definition) is 0. The molecule has 0 saturated heterocycles. The first-order valence-corrected chi connectivity index (χ1v) is 12.2. The van der Waals surface area contributed by atoms with Crippen LogP contribution in [0.1, 0.15) is 71.1 Å². The Morgan fingerprint density at radius 1 is 0.586 bits per heavy atom. The van der Waals surface area contributed by atoms with Gasteiger partial charge in [-0.15, -0.1) is 0 Å². The minimum Gasteiger partial charge on any atom is -0.494 e. The van der Waals surface area contributed by atoms with Crippen molar-refractivity contribution >= 4 is 0 Å². The van der Waals surface area contributed by atoms with Crippen molar-refractivity contribution in [3.63, 3.8) is 0 Å². The van der Waals surface area contributed by atoms with Gasteiger partial charge >= 0.3 is 0 Å². The van der Waals surface area contributed by atoms with E-state index in [0.29, 0.717) is 0 Å². The molecule has 0 aliphatic heterocycles. The second-order valence-corrected chi connectivity index (χ2v) is 10.1. The van der Waals surface area contributed by atoms with E-state index in [1.165, 1.54) is 94.9 Å². The van der Waals surface area contributed by atoms with Crippen LogP contribution >= 0.6 is 0 Å². The second kappa shape index (κ2) is 14.8. The van der Waals surface area contributed by atoms with Crippen molar-refractivity contribution in [2.45, 2.75) is 71.1 Å². The van der Waals surface area contributed by atoms with Crippen LogP contribution in [0, 0.1) is 0 Å². The van der Waals surface area contributed by atoms with Crippen molar-refractivity contribution in [1.29, 1.82) is 0 Å². The lowest BCUT2D eigenvalue weighted by Gasteiger charge is -2.35. The van der Waals surface area contributed by atoms with Crippen molar-refractivity contribution in [1.82, 2.24) is 0 Å². The Hall–Kier alpha value is -1.06. The summed E-state index contributed by atoms with van der Waals surface area (Å²) in [4.78, 5) is 0. The number of unbranched alkanes of at least 4 members (excludes halogenated alkanes) is 9. The molecule has 1 aromatic carbocycles. The summed E-state index contributed by atoms with van der Waals surface area (Å²) in [6.07, 6.45) is 13.7. The molecule has 0 aliphatic rings. The van der Waals surface area contributed by atoms with Crippen LogP contribution in [0.25, 0.3) is 0 Å². The van der Waals surface area contributed by atoms with E-state index >= 15 is 0 Å². The zero-order chi connectivity index (χ0) is 21.4. The van der Waals surface area contributed by atoms with Crippen LogP contribution in [0.2, 0.25) is 0 Å². The van der Waals surface area contributed by atoms with Gasteiger partial charge in [-0.1, -0.05) is 63.1 Å². The van der Waals surface area contributed by atoms with Crippen molar-refractivity contribution in [2.24, 2.45) is 0 Å². The van der Waals surface area contributed by atoms with Crippen molar-refractivity contribution in [3.05, 3.63) is 30.3 Å². The summed E-state index contributed by atoms with van der Waals surface area (Å²) in [5.74, 6) is 0.999. The third kappa shape index (κ3) is 14.5. The molecule has 0 spiro atoms. The Labute approximate surface area is 182 Å². The maximum absolute atomic E-state index is 5.75. The number of ether oxygens (including phenoxy) is 1. The highest BCUT2D eigenvalue weighted by molar-refractivity contribution is 5.20. The quantitative estimate of drug-likeness (QED) is 0.210. The molecule has 0 atom stereocenters. The first kappa shape index (κ1) is 26.0.